The van der Waals surface area contributed by atoms with Gasteiger partial charge in [-0.15, -0.1) is 0 Å². The van der Waals surface area contributed by atoms with Gasteiger partial charge in [-0.2, -0.15) is 0 Å². The van der Waals surface area contributed by atoms with E-state index in [2.05, 4.69) is 4.98 Å². The van der Waals surface area contributed by atoms with E-state index in [1.807, 2.05) is 0 Å². The van der Waals surface area contributed by atoms with E-state index in [0.29, 0.717) is 17.3 Å². The summed E-state index contributed by atoms with van der Waals surface area (Å²) in [7, 11) is -0.314. The maximum absolute atomic E-state index is 8.66. The molecule has 1 aromatic rings. The van der Waals surface area contributed by atoms with Crippen LogP contribution in [0, 0.1) is 13.8 Å². The van der Waals surface area contributed by atoms with Crippen LogP contribution in [0.25, 0.3) is 0 Å². The number of aryl methyl sites for hydroxylation is 2. The van der Waals surface area contributed by atoms with Gasteiger partial charge in [0.15, 0.2) is 0 Å². The molecule has 0 aliphatic carbocycles. The van der Waals surface area contributed by atoms with Gasteiger partial charge in [0.25, 0.3) is 0 Å². The van der Waals surface area contributed by atoms with Crippen molar-refractivity contribution in [2.45, 2.75) is 13.8 Å². The van der Waals surface area contributed by atoms with E-state index in [4.69, 9.17) is 19.4 Å². The average molecular weight is 197 g/mol. The highest BCUT2D eigenvalue weighted by Crippen LogP contribution is 2.24. The smallest absolute Gasteiger partial charge is 0.510 e. The molecule has 1 aromatic heterocycles. The van der Waals surface area contributed by atoms with Gasteiger partial charge >= 0.3 is 7.32 Å². The summed E-state index contributed by atoms with van der Waals surface area (Å²) < 4.78 is 9.71. The minimum atomic E-state index is -1.83. The number of pyridine rings is 1. The molecular formula is C8H12BNO4. The van der Waals surface area contributed by atoms with Crippen LogP contribution in [0.1, 0.15) is 11.3 Å². The molecule has 0 aromatic carbocycles. The van der Waals surface area contributed by atoms with Crippen molar-refractivity contribution < 1.29 is 19.4 Å². The van der Waals surface area contributed by atoms with Crippen molar-refractivity contribution in [2.75, 3.05) is 7.11 Å². The Hall–Kier alpha value is -1.27. The van der Waals surface area contributed by atoms with Crippen LogP contribution in [0.2, 0.25) is 0 Å². The van der Waals surface area contributed by atoms with E-state index in [1.165, 1.54) is 7.11 Å². The molecule has 1 heterocycles. The van der Waals surface area contributed by atoms with Crippen molar-refractivity contribution in [1.29, 1.82) is 0 Å². The number of methoxy groups -OCH3 is 1. The van der Waals surface area contributed by atoms with Gasteiger partial charge in [-0.1, -0.05) is 0 Å². The maximum Gasteiger partial charge on any atom is 0.707 e. The first-order valence-corrected chi connectivity index (χ1v) is 4.09. The topological polar surface area (TPSA) is 71.8 Å². The van der Waals surface area contributed by atoms with Crippen LogP contribution in [0.5, 0.6) is 11.6 Å². The Morgan fingerprint density at radius 1 is 1.36 bits per heavy atom. The second-order valence-electron chi connectivity index (χ2n) is 2.84. The van der Waals surface area contributed by atoms with Crippen molar-refractivity contribution in [2.24, 2.45) is 0 Å². The molecule has 0 aliphatic heterocycles. The summed E-state index contributed by atoms with van der Waals surface area (Å²) in [4.78, 5) is 4.04. The minimum Gasteiger partial charge on any atom is -0.510 e. The van der Waals surface area contributed by atoms with E-state index in [-0.39, 0.29) is 0 Å². The van der Waals surface area contributed by atoms with Gasteiger partial charge in [-0.05, 0) is 19.4 Å². The van der Waals surface area contributed by atoms with Crippen LogP contribution in [-0.2, 0) is 0 Å². The summed E-state index contributed by atoms with van der Waals surface area (Å²) in [5.41, 5.74) is 1.29. The van der Waals surface area contributed by atoms with Crippen LogP contribution in [0.3, 0.4) is 0 Å². The number of nitrogens with zero attached hydrogens (tertiary/aromatic N) is 1. The molecule has 0 atom stereocenters. The second kappa shape index (κ2) is 4.30. The molecule has 0 radical (unpaired) electrons. The number of ether oxygens (including phenoxy) is 1. The first kappa shape index (κ1) is 10.8. The first-order chi connectivity index (χ1) is 6.54. The molecule has 0 spiro atoms. The molecule has 76 valence electrons. The van der Waals surface area contributed by atoms with Crippen molar-refractivity contribution in [1.82, 2.24) is 4.98 Å². The van der Waals surface area contributed by atoms with Gasteiger partial charge in [0, 0.05) is 6.07 Å². The van der Waals surface area contributed by atoms with E-state index in [9.17, 15) is 0 Å². The molecule has 14 heavy (non-hydrogen) atoms. The molecule has 0 fully saturated rings. The molecule has 2 N–H and O–H groups in total. The lowest BCUT2D eigenvalue weighted by atomic mass is 10.2. The van der Waals surface area contributed by atoms with Gasteiger partial charge in [0.2, 0.25) is 5.88 Å². The Morgan fingerprint density at radius 2 is 2.00 bits per heavy atom. The summed E-state index contributed by atoms with van der Waals surface area (Å²) in [5, 5.41) is 17.3. The predicted molar refractivity (Wildman–Crippen MR) is 51.1 cm³/mol. The number of rotatable bonds is 3. The van der Waals surface area contributed by atoms with Crippen molar-refractivity contribution >= 4 is 7.32 Å². The Balaban J connectivity index is 3.05. The number of hydrogen-bond acceptors (Lipinski definition) is 5. The molecule has 0 bridgehead atoms. The third-order valence-electron chi connectivity index (χ3n) is 1.74. The third kappa shape index (κ3) is 2.37. The third-order valence-corrected chi connectivity index (χ3v) is 1.74. The summed E-state index contributed by atoms with van der Waals surface area (Å²) in [5.74, 6) is 0.834. The standard InChI is InChI=1S/C8H12BNO4/c1-5-4-7(13-3)10-6(2)8(5)14-9(11)12/h4,11-12H,1-3H3. The fourth-order valence-electron chi connectivity index (χ4n) is 1.17. The second-order valence-corrected chi connectivity index (χ2v) is 2.84. The normalized spacial score (nSPS) is 9.79. The van der Waals surface area contributed by atoms with Gasteiger partial charge in [0.1, 0.15) is 5.75 Å². The van der Waals surface area contributed by atoms with E-state index in [1.54, 1.807) is 19.9 Å². The molecule has 1 rings (SSSR count). The van der Waals surface area contributed by atoms with E-state index >= 15 is 0 Å². The van der Waals surface area contributed by atoms with Gasteiger partial charge in [-0.25, -0.2) is 4.98 Å². The number of aromatic nitrogens is 1. The summed E-state index contributed by atoms with van der Waals surface area (Å²) >= 11 is 0. The van der Waals surface area contributed by atoms with Crippen molar-refractivity contribution in [3.63, 3.8) is 0 Å². The van der Waals surface area contributed by atoms with Crippen LogP contribution >= 0.6 is 0 Å². The quantitative estimate of drug-likeness (QED) is 0.670. The largest absolute Gasteiger partial charge is 0.707 e. The van der Waals surface area contributed by atoms with Gasteiger partial charge in [0.05, 0.1) is 12.8 Å². The highest BCUT2D eigenvalue weighted by Gasteiger charge is 2.16. The maximum atomic E-state index is 8.66. The molecule has 0 saturated heterocycles. The Bertz CT molecular complexity index is 306. The van der Waals surface area contributed by atoms with Gasteiger partial charge < -0.3 is 19.4 Å². The molecule has 0 aliphatic rings. The van der Waals surface area contributed by atoms with E-state index < -0.39 is 7.32 Å². The molecule has 6 heteroatoms. The lowest BCUT2D eigenvalue weighted by Crippen LogP contribution is -2.22. The zero-order chi connectivity index (χ0) is 10.7. The lowest BCUT2D eigenvalue weighted by molar-refractivity contribution is 0.285. The summed E-state index contributed by atoms with van der Waals surface area (Å²) in [6, 6.07) is 1.66. The minimum absolute atomic E-state index is 0.362. The zero-order valence-electron chi connectivity index (χ0n) is 8.31. The van der Waals surface area contributed by atoms with Crippen molar-refractivity contribution in [3.05, 3.63) is 17.3 Å². The number of hydrogen-bond donors (Lipinski definition) is 2. The molecule has 5 nitrogen and oxygen atoms in total. The van der Waals surface area contributed by atoms with Gasteiger partial charge in [-0.3, -0.25) is 0 Å². The Kier molecular flexibility index (Phi) is 3.32. The fraction of sp³-hybridized carbons (Fsp3) is 0.375. The lowest BCUT2D eigenvalue weighted by Gasteiger charge is -2.11. The first-order valence-electron chi connectivity index (χ1n) is 4.09. The highest BCUT2D eigenvalue weighted by atomic mass is 16.6. The zero-order valence-corrected chi connectivity index (χ0v) is 8.31. The Morgan fingerprint density at radius 3 is 2.43 bits per heavy atom. The SMILES string of the molecule is COc1cc(C)c(OB(O)O)c(C)n1. The predicted octanol–water partition coefficient (Wildman–Crippen LogP) is 0.0553. The van der Waals surface area contributed by atoms with Crippen LogP contribution in [-0.4, -0.2) is 29.5 Å². The average Bonchev–Trinajstić information content (AvgIpc) is 2.10. The molecule has 0 unspecified atom stereocenters. The highest BCUT2D eigenvalue weighted by molar-refractivity contribution is 6.33. The molecular weight excluding hydrogens is 185 g/mol. The Labute approximate surface area is 82.5 Å². The molecule has 0 saturated carbocycles. The van der Waals surface area contributed by atoms with Crippen LogP contribution in [0.4, 0.5) is 0 Å². The fourth-order valence-corrected chi connectivity index (χ4v) is 1.17. The van der Waals surface area contributed by atoms with Crippen LogP contribution in [0.15, 0.2) is 6.07 Å². The molecule has 0 amide bonds. The monoisotopic (exact) mass is 197 g/mol. The van der Waals surface area contributed by atoms with Crippen molar-refractivity contribution in [3.8, 4) is 11.6 Å². The summed E-state index contributed by atoms with van der Waals surface area (Å²) in [6.07, 6.45) is 0. The summed E-state index contributed by atoms with van der Waals surface area (Å²) in [6.45, 7) is 3.47. The van der Waals surface area contributed by atoms with E-state index in [0.717, 1.165) is 5.56 Å². The van der Waals surface area contributed by atoms with Crippen LogP contribution < -0.4 is 9.39 Å².